The lowest BCUT2D eigenvalue weighted by Gasteiger charge is -2.03. The topological polar surface area (TPSA) is 33.1 Å². The van der Waals surface area contributed by atoms with Gasteiger partial charge in [-0.15, -0.1) is 0 Å². The van der Waals surface area contributed by atoms with Crippen LogP contribution in [0.5, 0.6) is 5.75 Å². The fraction of sp³-hybridized carbons (Fsp3) is 0.167. The Kier molecular flexibility index (Phi) is 3.00. The Morgan fingerprint density at radius 1 is 1.42 bits per heavy atom. The Balaban J connectivity index is 3.21. The third-order valence-electron chi connectivity index (χ3n) is 1.15. The SMILES string of the molecule is Oc1c(Br)cc(C(F)F)nc1Br. The van der Waals surface area contributed by atoms with E-state index < -0.39 is 6.43 Å². The van der Waals surface area contributed by atoms with Gasteiger partial charge in [0.25, 0.3) is 6.43 Å². The fourth-order valence-corrected chi connectivity index (χ4v) is 1.71. The zero-order chi connectivity index (χ0) is 9.30. The molecule has 0 aliphatic rings. The van der Waals surface area contributed by atoms with E-state index in [9.17, 15) is 8.78 Å². The van der Waals surface area contributed by atoms with Crippen LogP contribution >= 0.6 is 31.9 Å². The Bertz CT molecular complexity index is 283. The highest BCUT2D eigenvalue weighted by molar-refractivity contribution is 9.11. The lowest BCUT2D eigenvalue weighted by molar-refractivity contribution is 0.145. The van der Waals surface area contributed by atoms with Crippen molar-refractivity contribution in [2.75, 3.05) is 0 Å². The van der Waals surface area contributed by atoms with Crippen LogP contribution in [0.25, 0.3) is 0 Å². The van der Waals surface area contributed by atoms with Crippen LogP contribution in [0.15, 0.2) is 15.1 Å². The molecule has 0 atom stereocenters. The molecule has 0 saturated heterocycles. The van der Waals surface area contributed by atoms with Gasteiger partial charge in [-0.1, -0.05) is 0 Å². The smallest absolute Gasteiger partial charge is 0.280 e. The van der Waals surface area contributed by atoms with Crippen molar-refractivity contribution in [3.63, 3.8) is 0 Å². The zero-order valence-corrected chi connectivity index (χ0v) is 8.73. The van der Waals surface area contributed by atoms with Gasteiger partial charge in [-0.25, -0.2) is 13.8 Å². The summed E-state index contributed by atoms with van der Waals surface area (Å²) >= 11 is 5.75. The van der Waals surface area contributed by atoms with E-state index in [4.69, 9.17) is 5.11 Å². The molecule has 2 nitrogen and oxygen atoms in total. The molecule has 0 bridgehead atoms. The van der Waals surface area contributed by atoms with Gasteiger partial charge < -0.3 is 5.11 Å². The van der Waals surface area contributed by atoms with Crippen LogP contribution < -0.4 is 0 Å². The Hall–Kier alpha value is -0.230. The lowest BCUT2D eigenvalue weighted by atomic mass is 10.3. The van der Waals surface area contributed by atoms with Crippen LogP contribution in [0.2, 0.25) is 0 Å². The van der Waals surface area contributed by atoms with Crippen LogP contribution in [-0.2, 0) is 0 Å². The second-order valence-electron chi connectivity index (χ2n) is 1.97. The molecule has 12 heavy (non-hydrogen) atoms. The summed E-state index contributed by atoms with van der Waals surface area (Å²) in [6.07, 6.45) is -2.64. The lowest BCUT2D eigenvalue weighted by Crippen LogP contribution is -1.91. The summed E-state index contributed by atoms with van der Waals surface area (Å²) in [5.41, 5.74) is -0.383. The first-order valence-electron chi connectivity index (χ1n) is 2.85. The third kappa shape index (κ3) is 1.92. The maximum absolute atomic E-state index is 12.1. The highest BCUT2D eigenvalue weighted by atomic mass is 79.9. The quantitative estimate of drug-likeness (QED) is 0.808. The zero-order valence-electron chi connectivity index (χ0n) is 5.56. The number of halogens is 4. The second kappa shape index (κ2) is 3.66. The molecule has 0 aromatic carbocycles. The van der Waals surface area contributed by atoms with Gasteiger partial charge in [-0.2, -0.15) is 0 Å². The van der Waals surface area contributed by atoms with E-state index in [2.05, 4.69) is 36.8 Å². The van der Waals surface area contributed by atoms with Crippen molar-refractivity contribution in [1.82, 2.24) is 4.98 Å². The number of nitrogens with zero attached hydrogens (tertiary/aromatic N) is 1. The summed E-state index contributed by atoms with van der Waals surface area (Å²) in [6, 6.07) is 1.07. The molecule has 0 radical (unpaired) electrons. The molecule has 0 aliphatic heterocycles. The monoisotopic (exact) mass is 301 g/mol. The second-order valence-corrected chi connectivity index (χ2v) is 3.57. The number of aromatic hydroxyl groups is 1. The molecular formula is C6H3Br2F2NO. The van der Waals surface area contributed by atoms with E-state index in [1.54, 1.807) is 0 Å². The first-order valence-corrected chi connectivity index (χ1v) is 4.44. The Labute approximate surface area is 83.9 Å². The molecule has 0 unspecified atom stereocenters. The van der Waals surface area contributed by atoms with Crippen molar-refractivity contribution in [2.24, 2.45) is 0 Å². The third-order valence-corrected chi connectivity index (χ3v) is 2.30. The minimum Gasteiger partial charge on any atom is -0.504 e. The van der Waals surface area contributed by atoms with E-state index in [1.165, 1.54) is 0 Å². The van der Waals surface area contributed by atoms with E-state index in [0.717, 1.165) is 6.07 Å². The van der Waals surface area contributed by atoms with Gasteiger partial charge in [0.05, 0.1) is 4.47 Å². The van der Waals surface area contributed by atoms with Crippen molar-refractivity contribution in [2.45, 2.75) is 6.43 Å². The molecule has 0 amide bonds. The summed E-state index contributed by atoms with van der Waals surface area (Å²) in [5, 5.41) is 9.11. The van der Waals surface area contributed by atoms with Gasteiger partial charge in [-0.05, 0) is 37.9 Å². The number of alkyl halides is 2. The van der Waals surface area contributed by atoms with Crippen LogP contribution in [0.1, 0.15) is 12.1 Å². The first kappa shape index (κ1) is 9.85. The number of hydrogen-bond acceptors (Lipinski definition) is 2. The van der Waals surface area contributed by atoms with Crippen LogP contribution in [0, 0.1) is 0 Å². The highest BCUT2D eigenvalue weighted by Crippen LogP contribution is 2.33. The number of aromatic nitrogens is 1. The largest absolute Gasteiger partial charge is 0.504 e. The number of rotatable bonds is 1. The van der Waals surface area contributed by atoms with Gasteiger partial charge in [0.15, 0.2) is 5.75 Å². The van der Waals surface area contributed by atoms with Crippen molar-refractivity contribution >= 4 is 31.9 Å². The molecule has 0 aliphatic carbocycles. The summed E-state index contributed by atoms with van der Waals surface area (Å²) < 4.78 is 24.3. The standard InChI is InChI=1S/C6H3Br2F2NO/c7-2-1-3(6(9)10)11-5(8)4(2)12/h1,6,12H. The maximum Gasteiger partial charge on any atom is 0.280 e. The molecule has 66 valence electrons. The molecule has 0 fully saturated rings. The van der Waals surface area contributed by atoms with Gasteiger partial charge in [0.2, 0.25) is 0 Å². The molecule has 1 rings (SSSR count). The predicted octanol–water partition coefficient (Wildman–Crippen LogP) is 3.25. The van der Waals surface area contributed by atoms with E-state index in [1.807, 2.05) is 0 Å². The molecular weight excluding hydrogens is 300 g/mol. The van der Waals surface area contributed by atoms with Gasteiger partial charge in [0, 0.05) is 0 Å². The number of pyridine rings is 1. The molecule has 0 saturated carbocycles. The summed E-state index contributed by atoms with van der Waals surface area (Å²) in [5.74, 6) is -0.181. The molecule has 1 N–H and O–H groups in total. The van der Waals surface area contributed by atoms with Crippen LogP contribution in [-0.4, -0.2) is 10.1 Å². The van der Waals surface area contributed by atoms with Crippen molar-refractivity contribution in [3.8, 4) is 5.75 Å². The minimum absolute atomic E-state index is 0.00664. The van der Waals surface area contributed by atoms with Gasteiger partial charge in [-0.3, -0.25) is 0 Å². The predicted molar refractivity (Wildman–Crippen MR) is 46.3 cm³/mol. The Morgan fingerprint density at radius 2 is 2.00 bits per heavy atom. The molecule has 6 heteroatoms. The molecule has 0 spiro atoms. The minimum atomic E-state index is -2.64. The van der Waals surface area contributed by atoms with Crippen LogP contribution in [0.4, 0.5) is 8.78 Å². The van der Waals surface area contributed by atoms with Crippen molar-refractivity contribution < 1.29 is 13.9 Å². The Morgan fingerprint density at radius 3 is 2.42 bits per heavy atom. The molecule has 1 aromatic heterocycles. The maximum atomic E-state index is 12.1. The average Bonchev–Trinajstić information content (AvgIpc) is 1.99. The summed E-state index contributed by atoms with van der Waals surface area (Å²) in [6.45, 7) is 0. The molecule has 1 heterocycles. The summed E-state index contributed by atoms with van der Waals surface area (Å²) in [4.78, 5) is 3.42. The molecule has 1 aromatic rings. The van der Waals surface area contributed by atoms with Crippen molar-refractivity contribution in [3.05, 3.63) is 20.8 Å². The van der Waals surface area contributed by atoms with E-state index in [-0.39, 0.29) is 20.5 Å². The summed E-state index contributed by atoms with van der Waals surface area (Å²) in [7, 11) is 0. The van der Waals surface area contributed by atoms with Gasteiger partial charge >= 0.3 is 0 Å². The average molecular weight is 303 g/mol. The van der Waals surface area contributed by atoms with E-state index in [0.29, 0.717) is 0 Å². The highest BCUT2D eigenvalue weighted by Gasteiger charge is 2.14. The normalized spacial score (nSPS) is 10.8. The van der Waals surface area contributed by atoms with E-state index >= 15 is 0 Å². The first-order chi connectivity index (χ1) is 5.52. The fourth-order valence-electron chi connectivity index (χ4n) is 0.607. The van der Waals surface area contributed by atoms with Crippen LogP contribution in [0.3, 0.4) is 0 Å². The van der Waals surface area contributed by atoms with Gasteiger partial charge in [0.1, 0.15) is 10.3 Å². The number of hydrogen-bond donors (Lipinski definition) is 1. The van der Waals surface area contributed by atoms with Crippen molar-refractivity contribution in [1.29, 1.82) is 0 Å².